The van der Waals surface area contributed by atoms with E-state index in [4.69, 9.17) is 24.3 Å². The SMILES string of the molecule is CC/C=C/C/C=C/C/C=C/CCCCCCCC(=O)OC[C@H](COP(=O)(O)OCCN)OC(=O)CCCC/C=C/C/C=C/C/C=C/CCCCC. The van der Waals surface area contributed by atoms with Gasteiger partial charge in [-0.15, -0.1) is 0 Å². The maximum Gasteiger partial charge on any atom is 0.472 e. The Kier molecular flexibility index (Phi) is 35.4. The minimum atomic E-state index is -4.39. The van der Waals surface area contributed by atoms with Crippen LogP contribution in [0.3, 0.4) is 0 Å². The van der Waals surface area contributed by atoms with Crippen LogP contribution in [0, 0.1) is 0 Å². The fourth-order valence-electron chi connectivity index (χ4n) is 4.71. The van der Waals surface area contributed by atoms with E-state index in [1.165, 1.54) is 19.3 Å². The van der Waals surface area contributed by atoms with E-state index in [0.29, 0.717) is 12.8 Å². The highest BCUT2D eigenvalue weighted by Crippen LogP contribution is 2.43. The molecule has 0 aromatic heterocycles. The fourth-order valence-corrected chi connectivity index (χ4v) is 5.48. The maximum absolute atomic E-state index is 12.5. The molecule has 2 atom stereocenters. The average Bonchev–Trinajstić information content (AvgIpc) is 3.11. The van der Waals surface area contributed by atoms with E-state index in [9.17, 15) is 19.0 Å². The highest BCUT2D eigenvalue weighted by molar-refractivity contribution is 7.47. The van der Waals surface area contributed by atoms with Gasteiger partial charge in [-0.05, 0) is 83.5 Å². The first-order valence-electron chi connectivity index (χ1n) is 19.4. The zero-order valence-corrected chi connectivity index (χ0v) is 32.7. The second-order valence-corrected chi connectivity index (χ2v) is 13.9. The average molecular weight is 736 g/mol. The third-order valence-corrected chi connectivity index (χ3v) is 8.56. The molecule has 0 saturated heterocycles. The third kappa shape index (κ3) is 37.0. The Morgan fingerprint density at radius 3 is 1.65 bits per heavy atom. The quantitative estimate of drug-likeness (QED) is 0.0282. The Balaban J connectivity index is 4.33. The summed E-state index contributed by atoms with van der Waals surface area (Å²) in [7, 11) is -4.39. The van der Waals surface area contributed by atoms with E-state index in [2.05, 4.69) is 86.8 Å². The summed E-state index contributed by atoms with van der Waals surface area (Å²) in [5, 5.41) is 0. The van der Waals surface area contributed by atoms with Gasteiger partial charge in [-0.1, -0.05) is 119 Å². The molecule has 10 heteroatoms. The zero-order chi connectivity index (χ0) is 37.5. The molecule has 0 amide bonds. The molecule has 0 fully saturated rings. The lowest BCUT2D eigenvalue weighted by atomic mass is 10.1. The Morgan fingerprint density at radius 1 is 0.608 bits per heavy atom. The van der Waals surface area contributed by atoms with Crippen molar-refractivity contribution in [1.82, 2.24) is 0 Å². The van der Waals surface area contributed by atoms with Crippen LogP contribution in [0.25, 0.3) is 0 Å². The molecule has 292 valence electrons. The van der Waals surface area contributed by atoms with Gasteiger partial charge in [-0.2, -0.15) is 0 Å². The minimum absolute atomic E-state index is 0.0408. The van der Waals surface area contributed by atoms with Crippen LogP contribution < -0.4 is 5.73 Å². The van der Waals surface area contributed by atoms with Gasteiger partial charge in [0.15, 0.2) is 6.10 Å². The molecule has 0 aliphatic carbocycles. The highest BCUT2D eigenvalue weighted by atomic mass is 31.2. The standard InChI is InChI=1S/C41H70NO8P/c1-3-5-7-9-11-13-15-17-19-21-23-25-27-29-31-33-40(43)47-37-39(38-49-51(45,46)48-36-35-42)50-41(44)34-32-30-28-26-24-22-20-18-16-14-12-10-8-6-4-2/h5,7,11-14,17-20,24,26,39H,3-4,6,8-10,15-16,21-23,25,27-38,42H2,1-2H3,(H,45,46)/b7-5+,13-11+,14-12+,19-17+,20-18+,26-24+/t39-/m1/s1. The number of phosphoric ester groups is 1. The number of esters is 2. The molecular formula is C41H70NO8P. The van der Waals surface area contributed by atoms with Crippen molar-refractivity contribution >= 4 is 19.8 Å². The molecule has 9 nitrogen and oxygen atoms in total. The van der Waals surface area contributed by atoms with Crippen molar-refractivity contribution in [3.63, 3.8) is 0 Å². The molecule has 0 rings (SSSR count). The summed E-state index contributed by atoms with van der Waals surface area (Å²) in [6.07, 6.45) is 43.6. The Labute approximate surface area is 310 Å². The largest absolute Gasteiger partial charge is 0.472 e. The Morgan fingerprint density at radius 2 is 1.08 bits per heavy atom. The highest BCUT2D eigenvalue weighted by Gasteiger charge is 2.25. The molecule has 0 heterocycles. The fraction of sp³-hybridized carbons (Fsp3) is 0.659. The second-order valence-electron chi connectivity index (χ2n) is 12.4. The van der Waals surface area contributed by atoms with Crippen LogP contribution in [0.15, 0.2) is 72.9 Å². The van der Waals surface area contributed by atoms with Crippen molar-refractivity contribution in [2.75, 3.05) is 26.4 Å². The molecule has 1 unspecified atom stereocenters. The van der Waals surface area contributed by atoms with Gasteiger partial charge in [0.25, 0.3) is 0 Å². The van der Waals surface area contributed by atoms with E-state index >= 15 is 0 Å². The van der Waals surface area contributed by atoms with Crippen molar-refractivity contribution in [2.24, 2.45) is 5.73 Å². The molecule has 0 radical (unpaired) electrons. The van der Waals surface area contributed by atoms with Gasteiger partial charge < -0.3 is 20.1 Å². The number of hydrogen-bond acceptors (Lipinski definition) is 8. The van der Waals surface area contributed by atoms with E-state index < -0.39 is 32.5 Å². The monoisotopic (exact) mass is 735 g/mol. The predicted molar refractivity (Wildman–Crippen MR) is 210 cm³/mol. The molecule has 0 bridgehead atoms. The molecule has 0 aromatic carbocycles. The van der Waals surface area contributed by atoms with E-state index in [1.807, 2.05) is 0 Å². The van der Waals surface area contributed by atoms with Crippen molar-refractivity contribution < 1.29 is 37.6 Å². The number of hydrogen-bond donors (Lipinski definition) is 2. The lowest BCUT2D eigenvalue weighted by molar-refractivity contribution is -0.161. The van der Waals surface area contributed by atoms with Crippen LogP contribution in [0.5, 0.6) is 0 Å². The number of carbonyl (C=O) groups is 2. The first-order valence-corrected chi connectivity index (χ1v) is 20.9. The first-order chi connectivity index (χ1) is 24.8. The summed E-state index contributed by atoms with van der Waals surface area (Å²) in [4.78, 5) is 34.7. The normalized spacial score (nSPS) is 14.2. The predicted octanol–water partition coefficient (Wildman–Crippen LogP) is 10.7. The Hall–Kier alpha value is -2.55. The smallest absolute Gasteiger partial charge is 0.462 e. The number of rotatable bonds is 35. The van der Waals surface area contributed by atoms with Crippen LogP contribution in [-0.4, -0.2) is 49.3 Å². The van der Waals surface area contributed by atoms with Crippen molar-refractivity contribution in [3.05, 3.63) is 72.9 Å². The molecule has 0 saturated carbocycles. The number of unbranched alkanes of at least 4 members (excludes halogenated alkanes) is 10. The van der Waals surface area contributed by atoms with Gasteiger partial charge in [0.2, 0.25) is 0 Å². The first kappa shape index (κ1) is 48.5. The van der Waals surface area contributed by atoms with E-state index in [-0.39, 0.29) is 32.6 Å². The van der Waals surface area contributed by atoms with Gasteiger partial charge in [-0.25, -0.2) is 4.57 Å². The van der Waals surface area contributed by atoms with Crippen LogP contribution in [-0.2, 0) is 32.7 Å². The number of nitrogens with two attached hydrogens (primary N) is 1. The molecule has 0 spiro atoms. The summed E-state index contributed by atoms with van der Waals surface area (Å²) in [6.45, 7) is 3.49. The van der Waals surface area contributed by atoms with Gasteiger partial charge in [0, 0.05) is 19.4 Å². The van der Waals surface area contributed by atoms with E-state index in [1.54, 1.807) is 0 Å². The van der Waals surface area contributed by atoms with E-state index in [0.717, 1.165) is 83.5 Å². The van der Waals surface area contributed by atoms with Gasteiger partial charge in [0.1, 0.15) is 6.61 Å². The van der Waals surface area contributed by atoms with Gasteiger partial charge in [-0.3, -0.25) is 18.6 Å². The summed E-state index contributed by atoms with van der Waals surface area (Å²) < 4.78 is 32.6. The lowest BCUT2D eigenvalue weighted by Crippen LogP contribution is -2.29. The molecule has 3 N–H and O–H groups in total. The molecular weight excluding hydrogens is 665 g/mol. The van der Waals surface area contributed by atoms with Crippen LogP contribution in [0.4, 0.5) is 0 Å². The number of phosphoric acid groups is 1. The van der Waals surface area contributed by atoms with Crippen molar-refractivity contribution in [1.29, 1.82) is 0 Å². The van der Waals surface area contributed by atoms with Gasteiger partial charge in [0.05, 0.1) is 13.2 Å². The third-order valence-electron chi connectivity index (χ3n) is 7.58. The number of ether oxygens (including phenoxy) is 2. The summed E-state index contributed by atoms with van der Waals surface area (Å²) in [5.41, 5.74) is 5.33. The van der Waals surface area contributed by atoms with Crippen LogP contribution in [0.2, 0.25) is 0 Å². The molecule has 0 aliphatic rings. The summed E-state index contributed by atoms with van der Waals surface area (Å²) >= 11 is 0. The molecule has 0 aliphatic heterocycles. The summed E-state index contributed by atoms with van der Waals surface area (Å²) in [5.74, 6) is -0.902. The Bertz CT molecular complexity index is 1070. The minimum Gasteiger partial charge on any atom is -0.462 e. The maximum atomic E-state index is 12.5. The van der Waals surface area contributed by atoms with Crippen molar-refractivity contribution in [3.8, 4) is 0 Å². The number of carbonyl (C=O) groups excluding carboxylic acids is 2. The van der Waals surface area contributed by atoms with Crippen LogP contribution >= 0.6 is 7.82 Å². The molecule has 0 aromatic rings. The van der Waals surface area contributed by atoms with Crippen molar-refractivity contribution in [2.45, 2.75) is 148 Å². The topological polar surface area (TPSA) is 134 Å². The summed E-state index contributed by atoms with van der Waals surface area (Å²) in [6, 6.07) is 0. The number of allylic oxidation sites excluding steroid dienone is 12. The molecule has 51 heavy (non-hydrogen) atoms. The zero-order valence-electron chi connectivity index (χ0n) is 31.8. The lowest BCUT2D eigenvalue weighted by Gasteiger charge is -2.19. The van der Waals surface area contributed by atoms with Crippen LogP contribution in [0.1, 0.15) is 142 Å². The second kappa shape index (κ2) is 37.2. The van der Waals surface area contributed by atoms with Gasteiger partial charge >= 0.3 is 19.8 Å².